The molecule has 1 heterocycles. The van der Waals surface area contributed by atoms with Crippen LogP contribution in [-0.2, 0) is 0 Å². The summed E-state index contributed by atoms with van der Waals surface area (Å²) in [6, 6.07) is 0.899. The van der Waals surface area contributed by atoms with Crippen molar-refractivity contribution in [2.75, 3.05) is 12.4 Å². The van der Waals surface area contributed by atoms with Crippen LogP contribution in [0.3, 0.4) is 0 Å². The molecule has 0 saturated heterocycles. The Morgan fingerprint density at radius 2 is 1.71 bits per heavy atom. The number of ether oxygens (including phenoxy) is 1. The van der Waals surface area contributed by atoms with Gasteiger partial charge in [0.15, 0.2) is 0 Å². The maximum absolute atomic E-state index is 12.5. The van der Waals surface area contributed by atoms with Crippen molar-refractivity contribution < 1.29 is 31.1 Å². The number of aromatic nitrogens is 2. The van der Waals surface area contributed by atoms with E-state index in [2.05, 4.69) is 20.0 Å². The van der Waals surface area contributed by atoms with Gasteiger partial charge in [0.25, 0.3) is 6.10 Å². The van der Waals surface area contributed by atoms with Crippen LogP contribution in [0.2, 0.25) is 0 Å². The molecule has 1 fully saturated rings. The Balaban J connectivity index is 2.30. The van der Waals surface area contributed by atoms with Gasteiger partial charge in [-0.05, 0) is 12.8 Å². The van der Waals surface area contributed by atoms with E-state index in [0.717, 1.165) is 18.9 Å². The molecule has 0 spiro atoms. The molecule has 1 N–H and O–H groups in total. The lowest BCUT2D eigenvalue weighted by atomic mass is 10.3. The Bertz CT molecular complexity index is 498. The molecule has 118 valence electrons. The van der Waals surface area contributed by atoms with E-state index in [-0.39, 0.29) is 17.6 Å². The molecule has 0 radical (unpaired) electrons. The molecule has 0 amide bonds. The molecule has 0 aromatic carbocycles. The number of nitrogens with one attached hydrogen (secondary N) is 1. The van der Waals surface area contributed by atoms with Crippen molar-refractivity contribution in [3.05, 3.63) is 11.9 Å². The summed E-state index contributed by atoms with van der Waals surface area (Å²) >= 11 is 0. The SMILES string of the molecule is CNc1cc(OC(C(F)(F)F)C(F)(F)F)nc(C2CC2)n1. The minimum atomic E-state index is -5.58. The van der Waals surface area contributed by atoms with Gasteiger partial charge in [-0.3, -0.25) is 0 Å². The van der Waals surface area contributed by atoms with Gasteiger partial charge in [0.1, 0.15) is 11.6 Å². The van der Waals surface area contributed by atoms with Crippen molar-refractivity contribution in [1.29, 1.82) is 0 Å². The molecule has 1 aromatic heterocycles. The summed E-state index contributed by atoms with van der Waals surface area (Å²) in [6.45, 7) is 0. The molecule has 10 heteroatoms. The van der Waals surface area contributed by atoms with Crippen LogP contribution in [0.4, 0.5) is 32.2 Å². The van der Waals surface area contributed by atoms with Crippen molar-refractivity contribution >= 4 is 5.82 Å². The van der Waals surface area contributed by atoms with Crippen LogP contribution in [0.25, 0.3) is 0 Å². The molecule has 1 aliphatic carbocycles. The van der Waals surface area contributed by atoms with E-state index < -0.39 is 24.3 Å². The number of halogens is 6. The van der Waals surface area contributed by atoms with Gasteiger partial charge in [0.2, 0.25) is 5.88 Å². The summed E-state index contributed by atoms with van der Waals surface area (Å²) in [5, 5.41) is 2.55. The highest BCUT2D eigenvalue weighted by Crippen LogP contribution is 2.40. The maximum Gasteiger partial charge on any atom is 0.434 e. The Morgan fingerprint density at radius 3 is 2.14 bits per heavy atom. The third-order valence-electron chi connectivity index (χ3n) is 2.75. The van der Waals surface area contributed by atoms with Crippen LogP contribution < -0.4 is 10.1 Å². The third-order valence-corrected chi connectivity index (χ3v) is 2.75. The summed E-state index contributed by atoms with van der Waals surface area (Å²) in [7, 11) is 1.44. The number of hydrogen-bond donors (Lipinski definition) is 1. The van der Waals surface area contributed by atoms with E-state index in [1.54, 1.807) is 0 Å². The molecule has 1 aliphatic rings. The number of hydrogen-bond acceptors (Lipinski definition) is 4. The molecule has 4 nitrogen and oxygen atoms in total. The minimum absolute atomic E-state index is 0.0455. The topological polar surface area (TPSA) is 47.0 Å². The molecule has 1 saturated carbocycles. The molecule has 0 bridgehead atoms. The second kappa shape index (κ2) is 5.23. The van der Waals surface area contributed by atoms with Crippen molar-refractivity contribution in [3.8, 4) is 5.88 Å². The highest BCUT2D eigenvalue weighted by molar-refractivity contribution is 5.38. The van der Waals surface area contributed by atoms with Gasteiger partial charge < -0.3 is 10.1 Å². The summed E-state index contributed by atoms with van der Waals surface area (Å²) in [5.41, 5.74) is 0. The first-order valence-electron chi connectivity index (χ1n) is 5.98. The van der Waals surface area contributed by atoms with Crippen LogP contribution >= 0.6 is 0 Å². The zero-order valence-corrected chi connectivity index (χ0v) is 10.7. The van der Waals surface area contributed by atoms with Crippen molar-refractivity contribution in [2.24, 2.45) is 0 Å². The number of nitrogens with zero attached hydrogens (tertiary/aromatic N) is 2. The smallest absolute Gasteiger partial charge is 0.434 e. The zero-order valence-electron chi connectivity index (χ0n) is 10.7. The molecule has 2 rings (SSSR count). The summed E-state index contributed by atoms with van der Waals surface area (Å²) in [6.07, 6.45) is -13.6. The van der Waals surface area contributed by atoms with Gasteiger partial charge in [-0.15, -0.1) is 0 Å². The van der Waals surface area contributed by atoms with Gasteiger partial charge in [-0.2, -0.15) is 31.3 Å². The summed E-state index contributed by atoms with van der Waals surface area (Å²) in [5.74, 6) is -0.517. The molecule has 0 atom stereocenters. The van der Waals surface area contributed by atoms with Gasteiger partial charge in [0, 0.05) is 19.0 Å². The molecular formula is C11H11F6N3O. The average molecular weight is 315 g/mol. The second-order valence-electron chi connectivity index (χ2n) is 4.56. The van der Waals surface area contributed by atoms with E-state index in [0.29, 0.717) is 0 Å². The van der Waals surface area contributed by atoms with Gasteiger partial charge >= 0.3 is 12.4 Å². The molecule has 1 aromatic rings. The predicted octanol–water partition coefficient (Wildman–Crippen LogP) is 3.27. The van der Waals surface area contributed by atoms with E-state index >= 15 is 0 Å². The normalized spacial score (nSPS) is 16.2. The Kier molecular flexibility index (Phi) is 3.89. The van der Waals surface area contributed by atoms with Crippen LogP contribution in [-0.4, -0.2) is 35.5 Å². The first kappa shape index (κ1) is 15.6. The van der Waals surface area contributed by atoms with Gasteiger partial charge in [-0.25, -0.2) is 4.98 Å². The lowest BCUT2D eigenvalue weighted by Crippen LogP contribution is -2.46. The maximum atomic E-state index is 12.5. The van der Waals surface area contributed by atoms with E-state index in [1.165, 1.54) is 7.05 Å². The standard InChI is InChI=1S/C11H11F6N3O/c1-18-6-4-7(20-8(19-6)5-2-3-5)21-9(10(12,13)14)11(15,16)17/h4-5,9H,2-3H2,1H3,(H,18,19,20). The Hall–Kier alpha value is -1.74. The summed E-state index contributed by atoms with van der Waals surface area (Å²) < 4.78 is 78.8. The van der Waals surface area contributed by atoms with Gasteiger partial charge in [0.05, 0.1) is 0 Å². The van der Waals surface area contributed by atoms with Crippen molar-refractivity contribution in [2.45, 2.75) is 37.2 Å². The first-order valence-corrected chi connectivity index (χ1v) is 5.98. The van der Waals surface area contributed by atoms with E-state index in [4.69, 9.17) is 0 Å². The van der Waals surface area contributed by atoms with E-state index in [1.807, 2.05) is 0 Å². The number of alkyl halides is 6. The zero-order chi connectivity index (χ0) is 15.8. The van der Waals surface area contributed by atoms with Crippen molar-refractivity contribution in [3.63, 3.8) is 0 Å². The van der Waals surface area contributed by atoms with E-state index in [9.17, 15) is 26.3 Å². The van der Waals surface area contributed by atoms with Crippen LogP contribution in [0.5, 0.6) is 5.88 Å². The fraction of sp³-hybridized carbons (Fsp3) is 0.636. The lowest BCUT2D eigenvalue weighted by molar-refractivity contribution is -0.300. The predicted molar refractivity (Wildman–Crippen MR) is 60.1 cm³/mol. The highest BCUT2D eigenvalue weighted by atomic mass is 19.4. The van der Waals surface area contributed by atoms with Crippen LogP contribution in [0.1, 0.15) is 24.6 Å². The number of rotatable bonds is 4. The molecular weight excluding hydrogens is 304 g/mol. The largest absolute Gasteiger partial charge is 0.455 e. The average Bonchev–Trinajstić information content (AvgIpc) is 3.17. The van der Waals surface area contributed by atoms with Gasteiger partial charge in [-0.1, -0.05) is 0 Å². The fourth-order valence-corrected chi connectivity index (χ4v) is 1.60. The fourth-order valence-electron chi connectivity index (χ4n) is 1.60. The summed E-state index contributed by atoms with van der Waals surface area (Å²) in [4.78, 5) is 7.62. The Labute approximate surface area is 115 Å². The molecule has 0 aliphatic heterocycles. The van der Waals surface area contributed by atoms with Crippen LogP contribution in [0.15, 0.2) is 6.07 Å². The van der Waals surface area contributed by atoms with Crippen molar-refractivity contribution in [1.82, 2.24) is 9.97 Å². The number of anilines is 1. The minimum Gasteiger partial charge on any atom is -0.455 e. The second-order valence-corrected chi connectivity index (χ2v) is 4.56. The lowest BCUT2D eigenvalue weighted by Gasteiger charge is -2.23. The molecule has 21 heavy (non-hydrogen) atoms. The highest BCUT2D eigenvalue weighted by Gasteiger charge is 2.59. The first-order chi connectivity index (χ1) is 9.61. The monoisotopic (exact) mass is 315 g/mol. The third kappa shape index (κ3) is 3.88. The quantitative estimate of drug-likeness (QED) is 0.866. The Morgan fingerprint density at radius 1 is 1.14 bits per heavy atom. The molecule has 0 unspecified atom stereocenters. The van der Waals surface area contributed by atoms with Crippen LogP contribution in [0, 0.1) is 0 Å².